The first kappa shape index (κ1) is 55.8. The molecule has 2 aromatic heterocycles. The van der Waals surface area contributed by atoms with Crippen LogP contribution < -0.4 is 10.7 Å². The van der Waals surface area contributed by atoms with Gasteiger partial charge < -0.3 is 10.4 Å². The van der Waals surface area contributed by atoms with E-state index >= 15 is 8.78 Å². The van der Waals surface area contributed by atoms with E-state index in [-0.39, 0.29) is 39.8 Å². The fourth-order valence-corrected chi connectivity index (χ4v) is 7.25. The quantitative estimate of drug-likeness (QED) is 0.0491. The highest BCUT2D eigenvalue weighted by Crippen LogP contribution is 2.46. The first-order chi connectivity index (χ1) is 31.9. The van der Waals surface area contributed by atoms with E-state index in [1.54, 1.807) is 0 Å². The van der Waals surface area contributed by atoms with E-state index in [0.717, 1.165) is 24.8 Å². The second-order valence-electron chi connectivity index (χ2n) is 17.6. The molecule has 12 nitrogen and oxygen atoms in total. The summed E-state index contributed by atoms with van der Waals surface area (Å²) in [6, 6.07) is 4.86. The lowest BCUT2D eigenvalue weighted by Crippen LogP contribution is -2.57. The largest absolute Gasteiger partial charge is 0.396 e. The van der Waals surface area contributed by atoms with Crippen molar-refractivity contribution in [3.8, 4) is 22.3 Å². The van der Waals surface area contributed by atoms with Gasteiger partial charge in [-0.3, -0.25) is 24.6 Å². The summed E-state index contributed by atoms with van der Waals surface area (Å²) in [5.41, 5.74) is -4.18. The number of hydrazine groups is 1. The van der Waals surface area contributed by atoms with Crippen LogP contribution in [0.1, 0.15) is 91.5 Å². The minimum atomic E-state index is -5.11. The second-order valence-corrected chi connectivity index (χ2v) is 17.6. The van der Waals surface area contributed by atoms with Gasteiger partial charge in [-0.25, -0.2) is 23.2 Å². The summed E-state index contributed by atoms with van der Waals surface area (Å²) in [5, 5.41) is 21.7. The van der Waals surface area contributed by atoms with Crippen molar-refractivity contribution in [2.75, 3.05) is 6.54 Å². The molecular weight excluding hydrogens is 947 g/mol. The molecule has 0 saturated carbocycles. The maximum Gasteiger partial charge on any atom is 0.396 e. The van der Waals surface area contributed by atoms with Crippen LogP contribution in [0.15, 0.2) is 61.2 Å². The van der Waals surface area contributed by atoms with Gasteiger partial charge in [0.1, 0.15) is 23.5 Å². The summed E-state index contributed by atoms with van der Waals surface area (Å²) < 4.78 is 172. The van der Waals surface area contributed by atoms with Crippen molar-refractivity contribution < 1.29 is 77.0 Å². The number of carbonyl (C=O) groups excluding carboxylic acids is 4. The summed E-state index contributed by atoms with van der Waals surface area (Å²) in [7, 11) is 0. The van der Waals surface area contributed by atoms with E-state index < -0.39 is 133 Å². The number of ketones is 2. The van der Waals surface area contributed by atoms with Gasteiger partial charge in [0.25, 0.3) is 0 Å². The Hall–Kier alpha value is -5.78. The van der Waals surface area contributed by atoms with Crippen LogP contribution in [0.25, 0.3) is 22.3 Å². The van der Waals surface area contributed by atoms with Gasteiger partial charge in [0.2, 0.25) is 11.8 Å². The predicted octanol–water partition coefficient (Wildman–Crippen LogP) is 9.55. The first-order valence-corrected chi connectivity index (χ1v) is 21.3. The first-order valence-electron chi connectivity index (χ1n) is 21.3. The molecule has 2 amide bonds. The fourth-order valence-electron chi connectivity index (χ4n) is 7.25. The summed E-state index contributed by atoms with van der Waals surface area (Å²) >= 11 is 0. The molecule has 0 spiro atoms. The number of aromatic nitrogens is 4. The van der Waals surface area contributed by atoms with Crippen molar-refractivity contribution in [1.82, 2.24) is 35.3 Å². The number of nitrogens with one attached hydrogen (secondary N) is 2. The van der Waals surface area contributed by atoms with Gasteiger partial charge in [0, 0.05) is 67.9 Å². The van der Waals surface area contributed by atoms with Crippen molar-refractivity contribution in [3.05, 3.63) is 83.9 Å². The van der Waals surface area contributed by atoms with Crippen LogP contribution >= 0.6 is 0 Å². The summed E-state index contributed by atoms with van der Waals surface area (Å²) in [5.74, 6) is -10.9. The number of hydrogen-bond acceptors (Lipinski definition) is 8. The minimum absolute atomic E-state index is 0.163. The fraction of sp³-hybridized carbons (Fsp3) is 0.511. The van der Waals surface area contributed by atoms with Crippen molar-refractivity contribution in [1.29, 1.82) is 0 Å². The highest BCUT2D eigenvalue weighted by atomic mass is 19.4. The molecule has 0 bridgehead atoms. The average Bonchev–Trinajstić information content (AvgIpc) is 3.97. The minimum Gasteiger partial charge on any atom is -0.391 e. The zero-order valence-electron chi connectivity index (χ0n) is 38.0. The number of benzene rings is 2. The number of amides is 2. The molecule has 69 heavy (non-hydrogen) atoms. The van der Waals surface area contributed by atoms with E-state index in [2.05, 4.69) is 20.9 Å². The van der Waals surface area contributed by atoms with Gasteiger partial charge in [0.15, 0.2) is 5.78 Å². The molecule has 380 valence electrons. The Morgan fingerprint density at radius 3 is 1.68 bits per heavy atom. The van der Waals surface area contributed by atoms with Crippen LogP contribution in [-0.4, -0.2) is 84.1 Å². The van der Waals surface area contributed by atoms with Gasteiger partial charge in [-0.15, -0.1) is 0 Å². The van der Waals surface area contributed by atoms with Crippen molar-refractivity contribution >= 4 is 23.4 Å². The van der Waals surface area contributed by atoms with Gasteiger partial charge in [0.05, 0.1) is 35.2 Å². The average molecular weight is 998 g/mol. The lowest BCUT2D eigenvalue weighted by Gasteiger charge is -2.38. The molecule has 0 fully saturated rings. The van der Waals surface area contributed by atoms with Crippen LogP contribution in [0.3, 0.4) is 0 Å². The number of nitrogens with zero attached hydrogens (tertiary/aromatic N) is 5. The molecule has 0 radical (unpaired) electrons. The Balaban J connectivity index is 1.83. The lowest BCUT2D eigenvalue weighted by atomic mass is 9.74. The zero-order valence-corrected chi connectivity index (χ0v) is 38.0. The van der Waals surface area contributed by atoms with Gasteiger partial charge in [-0.2, -0.15) is 54.1 Å². The third-order valence-corrected chi connectivity index (χ3v) is 12.0. The smallest absolute Gasteiger partial charge is 0.391 e. The van der Waals surface area contributed by atoms with Crippen LogP contribution in [0.5, 0.6) is 0 Å². The summed E-state index contributed by atoms with van der Waals surface area (Å²) in [6.45, 7) is -2.95. The molecular formula is C45H51F12N7O5. The number of carbonyl (C=O) groups is 4. The van der Waals surface area contributed by atoms with E-state index in [1.807, 2.05) is 0 Å². The molecule has 0 unspecified atom stereocenters. The van der Waals surface area contributed by atoms with Crippen molar-refractivity contribution in [3.63, 3.8) is 0 Å². The zero-order chi connectivity index (χ0) is 52.0. The number of aliphatic hydroxyl groups excluding tert-OH is 1. The predicted molar refractivity (Wildman–Crippen MR) is 224 cm³/mol. The second kappa shape index (κ2) is 22.3. The van der Waals surface area contributed by atoms with E-state index in [9.17, 15) is 68.2 Å². The van der Waals surface area contributed by atoms with Gasteiger partial charge >= 0.3 is 25.5 Å². The Labute approximate surface area is 388 Å². The SMILES string of the molecule is CCC(=O)C[C@H](C(=O)NN(Cc1c(F)cc(-c2cnn(C(F)F)c2)cc1F)C[C@H](O)[C@@H](CC(=O)[C@@H](NC(=O)CC)C(C)(C)C(F)(F)F)Cc1ccc(-c2cnn(C(F)F)c2)cc1)C(C)(C)C(F)(F)F. The topological polar surface area (TPSA) is 151 Å². The molecule has 2 aromatic carbocycles. The van der Waals surface area contributed by atoms with E-state index in [0.29, 0.717) is 55.1 Å². The number of alkyl halides is 10. The highest BCUT2D eigenvalue weighted by Gasteiger charge is 2.56. The summed E-state index contributed by atoms with van der Waals surface area (Å²) in [4.78, 5) is 53.2. The summed E-state index contributed by atoms with van der Waals surface area (Å²) in [6.07, 6.45) is -11.3. The molecule has 0 aliphatic heterocycles. The van der Waals surface area contributed by atoms with Gasteiger partial charge in [-0.1, -0.05) is 52.0 Å². The van der Waals surface area contributed by atoms with E-state index in [1.165, 1.54) is 38.1 Å². The molecule has 0 aliphatic rings. The molecule has 4 aromatic rings. The molecule has 3 N–H and O–H groups in total. The van der Waals surface area contributed by atoms with Crippen LogP contribution in [-0.2, 0) is 32.1 Å². The monoisotopic (exact) mass is 997 g/mol. The van der Waals surface area contributed by atoms with Crippen molar-refractivity contribution in [2.24, 2.45) is 22.7 Å². The third-order valence-electron chi connectivity index (χ3n) is 12.0. The Bertz CT molecular complexity index is 2390. The van der Waals surface area contributed by atoms with Crippen LogP contribution in [0.4, 0.5) is 52.7 Å². The number of Topliss-reactive ketones (excluding diaryl/α,β-unsaturated/α-hetero) is 2. The van der Waals surface area contributed by atoms with Crippen LogP contribution in [0.2, 0.25) is 0 Å². The number of halogens is 12. The maximum atomic E-state index is 15.9. The van der Waals surface area contributed by atoms with E-state index in [4.69, 9.17) is 0 Å². The molecule has 4 rings (SSSR count). The Morgan fingerprint density at radius 2 is 1.23 bits per heavy atom. The number of aliphatic hydroxyl groups is 1. The Morgan fingerprint density at radius 1 is 0.725 bits per heavy atom. The number of hydrogen-bond donors (Lipinski definition) is 3. The molecule has 0 saturated heterocycles. The van der Waals surface area contributed by atoms with Crippen molar-refractivity contribution in [2.45, 2.75) is 118 Å². The number of rotatable bonds is 23. The standard InChI is InChI=1S/C45H51F12N7O5/c1-7-30(65)17-32(42(3,4)44(52,53)54)39(69)61-62(22-31-33(46)14-26(15-34(31)47)29-19-59-64(21-29)41(50)51)23-36(67)27(16-35(66)38(60-37(68)8-2)43(5,6)45(55,56)57)13-24-9-11-25(12-10-24)28-18-58-63(20-28)40(48)49/h9-12,14-15,18-21,27,32,36,38,40-41,67H,7-8,13,16-17,22-23H2,1-6H3,(H,60,68)(H,61,69)/t27-,32-,36+,38-/m1/s1. The Kier molecular flexibility index (Phi) is 18.1. The van der Waals surface area contributed by atoms with Crippen LogP contribution in [0, 0.1) is 34.3 Å². The highest BCUT2D eigenvalue weighted by molar-refractivity contribution is 5.90. The molecule has 0 aliphatic carbocycles. The molecule has 4 atom stereocenters. The molecule has 24 heteroatoms. The normalized spacial score (nSPS) is 14.5. The lowest BCUT2D eigenvalue weighted by molar-refractivity contribution is -0.230. The van der Waals surface area contributed by atoms with Gasteiger partial charge in [-0.05, 0) is 55.0 Å². The third kappa shape index (κ3) is 13.7. The molecule has 2 heterocycles. The maximum absolute atomic E-state index is 15.9.